The van der Waals surface area contributed by atoms with Crippen molar-refractivity contribution in [2.24, 2.45) is 4.99 Å². The van der Waals surface area contributed by atoms with Crippen molar-refractivity contribution in [3.05, 3.63) is 93.8 Å². The molecule has 0 heterocycles. The molecular formula is C27H18F3NS. The Labute approximate surface area is 190 Å². The number of aliphatic imine (C=N–C) groups is 1. The van der Waals surface area contributed by atoms with Crippen LogP contribution in [0.5, 0.6) is 0 Å². The molecule has 1 aliphatic rings. The zero-order valence-electron chi connectivity index (χ0n) is 17.3. The lowest BCUT2D eigenvalue weighted by molar-refractivity contribution is 0.588. The summed E-state index contributed by atoms with van der Waals surface area (Å²) < 4.78 is 43.1. The molecule has 3 aromatic rings. The largest absolute Gasteiger partial charge is 0.205 e. The Bertz CT molecular complexity index is 1310. The number of rotatable bonds is 4. The lowest BCUT2D eigenvalue weighted by Crippen LogP contribution is -1.94. The molecule has 5 heteroatoms. The topological polar surface area (TPSA) is 12.4 Å². The molecule has 0 radical (unpaired) electrons. The third-order valence-corrected chi connectivity index (χ3v) is 5.44. The molecule has 0 atom stereocenters. The van der Waals surface area contributed by atoms with Crippen molar-refractivity contribution < 1.29 is 13.2 Å². The van der Waals surface area contributed by atoms with Crippen LogP contribution in [0, 0.1) is 29.3 Å². The Morgan fingerprint density at radius 2 is 1.66 bits per heavy atom. The zero-order valence-corrected chi connectivity index (χ0v) is 18.1. The van der Waals surface area contributed by atoms with Crippen LogP contribution in [0.15, 0.2) is 59.1 Å². The van der Waals surface area contributed by atoms with Crippen LogP contribution in [0.1, 0.15) is 42.0 Å². The van der Waals surface area contributed by atoms with E-state index in [0.29, 0.717) is 34.2 Å². The fourth-order valence-corrected chi connectivity index (χ4v) is 3.89. The Hall–Kier alpha value is -3.45. The van der Waals surface area contributed by atoms with Gasteiger partial charge in [-0.25, -0.2) is 13.2 Å². The number of isothiocyanates is 1. The monoisotopic (exact) mass is 445 g/mol. The highest BCUT2D eigenvalue weighted by Crippen LogP contribution is 2.31. The van der Waals surface area contributed by atoms with E-state index in [1.54, 1.807) is 30.3 Å². The van der Waals surface area contributed by atoms with Gasteiger partial charge in [-0.3, -0.25) is 0 Å². The van der Waals surface area contributed by atoms with Gasteiger partial charge in [0.05, 0.1) is 10.7 Å². The van der Waals surface area contributed by atoms with Crippen LogP contribution in [0.2, 0.25) is 0 Å². The Kier molecular flexibility index (Phi) is 6.37. The Balaban J connectivity index is 1.56. The molecule has 0 saturated carbocycles. The lowest BCUT2D eigenvalue weighted by Gasteiger charge is -2.05. The first-order valence-corrected chi connectivity index (χ1v) is 10.6. The molecule has 0 N–H and O–H groups in total. The number of halogens is 3. The minimum Gasteiger partial charge on any atom is -0.205 e. The molecule has 4 rings (SSSR count). The molecule has 1 nitrogen and oxygen atoms in total. The van der Waals surface area contributed by atoms with Gasteiger partial charge in [0.25, 0.3) is 0 Å². The van der Waals surface area contributed by atoms with Crippen LogP contribution >= 0.6 is 12.2 Å². The number of fused-ring (bicyclic) bond motifs is 1. The van der Waals surface area contributed by atoms with Crippen LogP contribution in [-0.2, 0) is 6.42 Å². The maximum Gasteiger partial charge on any atom is 0.153 e. The molecule has 0 bridgehead atoms. The maximum atomic E-state index is 14.9. The van der Waals surface area contributed by atoms with Gasteiger partial charge >= 0.3 is 0 Å². The number of allylic oxidation sites excluding steroid dienone is 1. The van der Waals surface area contributed by atoms with E-state index >= 15 is 0 Å². The highest BCUT2D eigenvalue weighted by Gasteiger charge is 2.18. The summed E-state index contributed by atoms with van der Waals surface area (Å²) in [6, 6.07) is 12.9. The van der Waals surface area contributed by atoms with Crippen molar-refractivity contribution in [2.75, 3.05) is 0 Å². The molecular weight excluding hydrogens is 427 g/mol. The van der Waals surface area contributed by atoms with Gasteiger partial charge in [0, 0.05) is 11.1 Å². The highest BCUT2D eigenvalue weighted by atomic mass is 32.1. The first-order chi connectivity index (χ1) is 15.5. The molecule has 0 aromatic heterocycles. The van der Waals surface area contributed by atoms with E-state index in [1.165, 1.54) is 17.7 Å². The summed E-state index contributed by atoms with van der Waals surface area (Å²) in [6.45, 7) is 2.11. The first-order valence-electron chi connectivity index (χ1n) is 10.2. The second-order valence-electron chi connectivity index (χ2n) is 7.54. The van der Waals surface area contributed by atoms with Crippen LogP contribution < -0.4 is 0 Å². The smallest absolute Gasteiger partial charge is 0.153 e. The normalized spacial score (nSPS) is 11.8. The van der Waals surface area contributed by atoms with Crippen molar-refractivity contribution in [3.63, 3.8) is 0 Å². The summed E-state index contributed by atoms with van der Waals surface area (Å²) in [6.07, 6.45) is 4.71. The average molecular weight is 446 g/mol. The molecule has 0 aliphatic heterocycles. The van der Waals surface area contributed by atoms with E-state index in [1.807, 2.05) is 11.2 Å². The van der Waals surface area contributed by atoms with E-state index in [9.17, 15) is 13.2 Å². The fourth-order valence-electron chi connectivity index (χ4n) is 3.80. The van der Waals surface area contributed by atoms with Crippen LogP contribution in [0.25, 0.3) is 17.2 Å². The number of thiocarbonyl (C=S) groups is 1. The van der Waals surface area contributed by atoms with Crippen molar-refractivity contribution >= 4 is 29.1 Å². The summed E-state index contributed by atoms with van der Waals surface area (Å²) >= 11 is 4.41. The van der Waals surface area contributed by atoms with Gasteiger partial charge in [-0.05, 0) is 72.1 Å². The lowest BCUT2D eigenvalue weighted by atomic mass is 10.0. The standard InChI is InChI=1S/C27H18F3NS/c1-2-3-18-12-21-11-10-20(26(30)23(21)13-18)9-6-17-4-7-19(8-5-17)22-14-24(28)27(31-16-32)25(29)15-22/h4-5,7-8,10-12,14-15H,2-3,13H2,1H3. The minimum atomic E-state index is -0.815. The average Bonchev–Trinajstić information content (AvgIpc) is 3.20. The van der Waals surface area contributed by atoms with Gasteiger partial charge < -0.3 is 0 Å². The summed E-state index contributed by atoms with van der Waals surface area (Å²) in [5, 5.41) is 1.97. The second-order valence-corrected chi connectivity index (χ2v) is 7.73. The molecule has 0 amide bonds. The molecule has 0 spiro atoms. The first kappa shape index (κ1) is 21.8. The second kappa shape index (κ2) is 9.36. The number of hydrogen-bond acceptors (Lipinski definition) is 2. The molecule has 32 heavy (non-hydrogen) atoms. The van der Waals surface area contributed by atoms with Gasteiger partial charge in [-0.1, -0.05) is 55.0 Å². The Morgan fingerprint density at radius 1 is 0.938 bits per heavy atom. The van der Waals surface area contributed by atoms with E-state index in [-0.39, 0.29) is 5.82 Å². The van der Waals surface area contributed by atoms with Gasteiger partial charge in [-0.2, -0.15) is 4.99 Å². The van der Waals surface area contributed by atoms with E-state index in [2.05, 4.69) is 42.1 Å². The SMILES string of the molecule is CCCC1=Cc2ccc(C#Cc3ccc(-c4cc(F)c(N=C=S)c(F)c4)cc3)c(F)c2C1. The molecule has 0 fully saturated rings. The third kappa shape index (κ3) is 4.43. The molecule has 0 saturated heterocycles. The van der Waals surface area contributed by atoms with Gasteiger partial charge in [-0.15, -0.1) is 0 Å². The van der Waals surface area contributed by atoms with Gasteiger partial charge in [0.15, 0.2) is 11.6 Å². The fraction of sp³-hybridized carbons (Fsp3) is 0.148. The van der Waals surface area contributed by atoms with Crippen LogP contribution in [0.3, 0.4) is 0 Å². The minimum absolute atomic E-state index is 0.265. The summed E-state index contributed by atoms with van der Waals surface area (Å²) in [5.74, 6) is 3.98. The van der Waals surface area contributed by atoms with Crippen LogP contribution in [0.4, 0.5) is 18.9 Å². The number of benzene rings is 3. The molecule has 158 valence electrons. The van der Waals surface area contributed by atoms with E-state index < -0.39 is 17.3 Å². The van der Waals surface area contributed by atoms with Crippen molar-refractivity contribution in [2.45, 2.75) is 26.2 Å². The summed E-state index contributed by atoms with van der Waals surface area (Å²) in [5.41, 5.74) is 4.44. The Morgan fingerprint density at radius 3 is 2.31 bits per heavy atom. The predicted molar refractivity (Wildman–Crippen MR) is 125 cm³/mol. The van der Waals surface area contributed by atoms with Crippen molar-refractivity contribution in [1.29, 1.82) is 0 Å². The van der Waals surface area contributed by atoms with E-state index in [0.717, 1.165) is 18.4 Å². The molecule has 3 aromatic carbocycles. The van der Waals surface area contributed by atoms with E-state index in [4.69, 9.17) is 0 Å². The number of nitrogens with zero attached hydrogens (tertiary/aromatic N) is 1. The van der Waals surface area contributed by atoms with Crippen molar-refractivity contribution in [3.8, 4) is 23.0 Å². The third-order valence-electron chi connectivity index (χ3n) is 5.35. The van der Waals surface area contributed by atoms with Gasteiger partial charge in [0.2, 0.25) is 0 Å². The number of hydrogen-bond donors (Lipinski definition) is 0. The highest BCUT2D eigenvalue weighted by molar-refractivity contribution is 7.78. The predicted octanol–water partition coefficient (Wildman–Crippen LogP) is 7.64. The molecule has 0 unspecified atom stereocenters. The van der Waals surface area contributed by atoms with Gasteiger partial charge in [0.1, 0.15) is 11.5 Å². The summed E-state index contributed by atoms with van der Waals surface area (Å²) in [7, 11) is 0. The maximum absolute atomic E-state index is 14.9. The van der Waals surface area contributed by atoms with Crippen LogP contribution in [-0.4, -0.2) is 5.16 Å². The quantitative estimate of drug-likeness (QED) is 0.228. The molecule has 1 aliphatic carbocycles. The van der Waals surface area contributed by atoms with Crippen molar-refractivity contribution in [1.82, 2.24) is 0 Å². The zero-order chi connectivity index (χ0) is 22.7. The summed E-state index contributed by atoms with van der Waals surface area (Å²) in [4.78, 5) is 3.41.